The van der Waals surface area contributed by atoms with Crippen molar-refractivity contribution in [2.24, 2.45) is 4.99 Å². The van der Waals surface area contributed by atoms with E-state index in [1.165, 1.54) is 0 Å². The molecule has 1 amide bonds. The fraction of sp³-hybridized carbons (Fsp3) is 0.529. The van der Waals surface area contributed by atoms with Gasteiger partial charge in [0.1, 0.15) is 5.75 Å². The van der Waals surface area contributed by atoms with Gasteiger partial charge < -0.3 is 25.4 Å². The molecule has 0 heterocycles. The highest BCUT2D eigenvalue weighted by Gasteiger charge is 2.05. The monoisotopic (exact) mass is 464 g/mol. The van der Waals surface area contributed by atoms with Gasteiger partial charge in [0.05, 0.1) is 6.61 Å². The van der Waals surface area contributed by atoms with E-state index in [1.54, 1.807) is 14.2 Å². The van der Waals surface area contributed by atoms with E-state index in [9.17, 15) is 4.79 Å². The summed E-state index contributed by atoms with van der Waals surface area (Å²) in [6.45, 7) is 5.70. The van der Waals surface area contributed by atoms with Gasteiger partial charge in [-0.3, -0.25) is 9.79 Å². The normalized spacial score (nSPS) is 11.9. The molecule has 0 aliphatic rings. The van der Waals surface area contributed by atoms with Crippen molar-refractivity contribution in [3.05, 3.63) is 29.8 Å². The second-order valence-corrected chi connectivity index (χ2v) is 5.32. The van der Waals surface area contributed by atoms with Gasteiger partial charge in [0.25, 0.3) is 5.91 Å². The lowest BCUT2D eigenvalue weighted by Crippen LogP contribution is -2.43. The van der Waals surface area contributed by atoms with Crippen LogP contribution in [0.2, 0.25) is 0 Å². The van der Waals surface area contributed by atoms with Crippen LogP contribution in [0.5, 0.6) is 5.75 Å². The van der Waals surface area contributed by atoms with E-state index in [4.69, 9.17) is 9.47 Å². The summed E-state index contributed by atoms with van der Waals surface area (Å²) in [5.74, 6) is 1.24. The molecule has 1 unspecified atom stereocenters. The molecule has 7 nitrogen and oxygen atoms in total. The quantitative estimate of drug-likeness (QED) is 0.293. The summed E-state index contributed by atoms with van der Waals surface area (Å²) >= 11 is 0. The van der Waals surface area contributed by atoms with E-state index in [1.807, 2.05) is 38.1 Å². The molecule has 3 N–H and O–H groups in total. The molecule has 0 radical (unpaired) electrons. The van der Waals surface area contributed by atoms with E-state index in [0.717, 1.165) is 5.56 Å². The standard InChI is InChI=1S/C17H28N4O3.HI/c1-5-19-16(22)12-24-15-8-6-7-14(9-15)10-20-17(18-3)21-13(2)11-23-4;/h6-9,13H,5,10-12H2,1-4H3,(H,19,22)(H2,18,20,21);1H. The van der Waals surface area contributed by atoms with E-state index in [-0.39, 0.29) is 42.5 Å². The Labute approximate surface area is 167 Å². The Hall–Kier alpha value is -1.55. The number of rotatable bonds is 9. The maximum absolute atomic E-state index is 11.4. The smallest absolute Gasteiger partial charge is 0.257 e. The van der Waals surface area contributed by atoms with Gasteiger partial charge in [-0.15, -0.1) is 24.0 Å². The maximum Gasteiger partial charge on any atom is 0.257 e. The van der Waals surface area contributed by atoms with Crippen molar-refractivity contribution in [1.82, 2.24) is 16.0 Å². The number of halogens is 1. The van der Waals surface area contributed by atoms with Gasteiger partial charge >= 0.3 is 0 Å². The summed E-state index contributed by atoms with van der Waals surface area (Å²) in [5, 5.41) is 9.17. The zero-order chi connectivity index (χ0) is 17.8. The average molecular weight is 464 g/mol. The third kappa shape index (κ3) is 10.1. The minimum absolute atomic E-state index is 0. The number of carbonyl (C=O) groups excluding carboxylic acids is 1. The lowest BCUT2D eigenvalue weighted by molar-refractivity contribution is -0.122. The number of ether oxygens (including phenoxy) is 2. The van der Waals surface area contributed by atoms with Gasteiger partial charge in [-0.25, -0.2) is 0 Å². The van der Waals surface area contributed by atoms with Crippen molar-refractivity contribution in [3.8, 4) is 5.75 Å². The molecule has 0 aliphatic heterocycles. The summed E-state index contributed by atoms with van der Waals surface area (Å²) in [6.07, 6.45) is 0. The third-order valence-electron chi connectivity index (χ3n) is 3.13. The number of carbonyl (C=O) groups is 1. The molecule has 25 heavy (non-hydrogen) atoms. The Bertz CT molecular complexity index is 540. The molecule has 1 atom stereocenters. The van der Waals surface area contributed by atoms with Crippen molar-refractivity contribution in [3.63, 3.8) is 0 Å². The lowest BCUT2D eigenvalue weighted by atomic mass is 10.2. The van der Waals surface area contributed by atoms with Crippen LogP contribution in [0, 0.1) is 0 Å². The molecule has 1 aromatic rings. The zero-order valence-corrected chi connectivity index (χ0v) is 17.6. The summed E-state index contributed by atoms with van der Waals surface area (Å²) in [7, 11) is 3.39. The fourth-order valence-electron chi connectivity index (χ4n) is 2.05. The van der Waals surface area contributed by atoms with Crippen LogP contribution >= 0.6 is 24.0 Å². The van der Waals surface area contributed by atoms with Crippen molar-refractivity contribution < 1.29 is 14.3 Å². The first-order valence-electron chi connectivity index (χ1n) is 8.03. The molecular formula is C17H29IN4O3. The molecule has 1 aromatic carbocycles. The number of hydrogen-bond acceptors (Lipinski definition) is 4. The van der Waals surface area contributed by atoms with E-state index in [0.29, 0.717) is 31.4 Å². The number of aliphatic imine (C=N–C) groups is 1. The second-order valence-electron chi connectivity index (χ2n) is 5.32. The highest BCUT2D eigenvalue weighted by Crippen LogP contribution is 2.13. The Morgan fingerprint density at radius 2 is 2.08 bits per heavy atom. The number of nitrogens with zero attached hydrogens (tertiary/aromatic N) is 1. The predicted molar refractivity (Wildman–Crippen MR) is 111 cm³/mol. The van der Waals surface area contributed by atoms with Gasteiger partial charge in [0, 0.05) is 33.3 Å². The first-order valence-corrected chi connectivity index (χ1v) is 8.03. The van der Waals surface area contributed by atoms with Crippen LogP contribution in [0.4, 0.5) is 0 Å². The number of hydrogen-bond donors (Lipinski definition) is 3. The lowest BCUT2D eigenvalue weighted by Gasteiger charge is -2.17. The van der Waals surface area contributed by atoms with Crippen molar-refractivity contribution >= 4 is 35.8 Å². The number of guanidine groups is 1. The highest BCUT2D eigenvalue weighted by molar-refractivity contribution is 14.0. The van der Waals surface area contributed by atoms with Crippen LogP contribution in [-0.2, 0) is 16.1 Å². The number of nitrogens with one attached hydrogen (secondary N) is 3. The van der Waals surface area contributed by atoms with Gasteiger partial charge in [-0.2, -0.15) is 0 Å². The molecule has 142 valence electrons. The fourth-order valence-corrected chi connectivity index (χ4v) is 2.05. The van der Waals surface area contributed by atoms with Crippen LogP contribution in [0.3, 0.4) is 0 Å². The number of likely N-dealkylation sites (N-methyl/N-ethyl adjacent to an activating group) is 1. The molecule has 0 aromatic heterocycles. The van der Waals surface area contributed by atoms with E-state index < -0.39 is 0 Å². The minimum Gasteiger partial charge on any atom is -0.484 e. The molecule has 8 heteroatoms. The minimum atomic E-state index is -0.127. The Morgan fingerprint density at radius 1 is 1.32 bits per heavy atom. The maximum atomic E-state index is 11.4. The van der Waals surface area contributed by atoms with Gasteiger partial charge in [-0.1, -0.05) is 12.1 Å². The number of benzene rings is 1. The van der Waals surface area contributed by atoms with Crippen LogP contribution < -0.4 is 20.7 Å². The second kappa shape index (κ2) is 13.7. The SMILES string of the molecule is CCNC(=O)COc1cccc(CNC(=NC)NC(C)COC)c1.I. The summed E-state index contributed by atoms with van der Waals surface area (Å²) in [6, 6.07) is 7.77. The molecule has 0 saturated carbocycles. The largest absolute Gasteiger partial charge is 0.484 e. The Balaban J connectivity index is 0.00000576. The first kappa shape index (κ1) is 23.4. The van der Waals surface area contributed by atoms with Gasteiger partial charge in [0.15, 0.2) is 12.6 Å². The molecule has 1 rings (SSSR count). The first-order chi connectivity index (χ1) is 11.6. The van der Waals surface area contributed by atoms with Crippen LogP contribution in [0.1, 0.15) is 19.4 Å². The van der Waals surface area contributed by atoms with Crippen molar-refractivity contribution in [2.75, 3.05) is 33.9 Å². The number of amides is 1. The summed E-state index contributed by atoms with van der Waals surface area (Å²) in [5.41, 5.74) is 1.03. The summed E-state index contributed by atoms with van der Waals surface area (Å²) in [4.78, 5) is 15.6. The van der Waals surface area contributed by atoms with E-state index >= 15 is 0 Å². The van der Waals surface area contributed by atoms with E-state index in [2.05, 4.69) is 20.9 Å². The third-order valence-corrected chi connectivity index (χ3v) is 3.13. The molecule has 0 fully saturated rings. The van der Waals surface area contributed by atoms with Gasteiger partial charge in [-0.05, 0) is 31.5 Å². The predicted octanol–water partition coefficient (Wildman–Crippen LogP) is 1.52. The Morgan fingerprint density at radius 3 is 2.72 bits per heavy atom. The summed E-state index contributed by atoms with van der Waals surface area (Å²) < 4.78 is 10.6. The van der Waals surface area contributed by atoms with Crippen molar-refractivity contribution in [2.45, 2.75) is 26.4 Å². The van der Waals surface area contributed by atoms with Crippen LogP contribution in [0.25, 0.3) is 0 Å². The molecule has 0 spiro atoms. The van der Waals surface area contributed by atoms with Crippen LogP contribution in [-0.4, -0.2) is 51.8 Å². The number of methoxy groups -OCH3 is 1. The van der Waals surface area contributed by atoms with Gasteiger partial charge in [0.2, 0.25) is 0 Å². The Kier molecular flexibility index (Phi) is 12.9. The topological polar surface area (TPSA) is 84.0 Å². The molecule has 0 bridgehead atoms. The van der Waals surface area contributed by atoms with Crippen molar-refractivity contribution in [1.29, 1.82) is 0 Å². The van der Waals surface area contributed by atoms with Crippen LogP contribution in [0.15, 0.2) is 29.3 Å². The zero-order valence-electron chi connectivity index (χ0n) is 15.3. The molecular weight excluding hydrogens is 435 g/mol. The molecule has 0 aliphatic carbocycles. The molecule has 0 saturated heterocycles. The average Bonchev–Trinajstić information content (AvgIpc) is 2.57. The highest BCUT2D eigenvalue weighted by atomic mass is 127.